The Bertz CT molecular complexity index is 910. The fraction of sp³-hybridized carbons (Fsp3) is 0.105. The number of rotatable bonds is 4. The molecule has 0 aliphatic carbocycles. The molecule has 0 fully saturated rings. The predicted octanol–water partition coefficient (Wildman–Crippen LogP) is 4.85. The average Bonchev–Trinajstić information content (AvgIpc) is 2.58. The lowest BCUT2D eigenvalue weighted by Crippen LogP contribution is -2.15. The molecule has 0 saturated heterocycles. The van der Waals surface area contributed by atoms with Gasteiger partial charge < -0.3 is 10.6 Å². The maximum absolute atomic E-state index is 12.3. The van der Waals surface area contributed by atoms with Gasteiger partial charge in [0.1, 0.15) is 11.5 Å². The van der Waals surface area contributed by atoms with Crippen LogP contribution in [-0.2, 0) is 0 Å². The molecule has 1 heterocycles. The van der Waals surface area contributed by atoms with Crippen LogP contribution in [-0.4, -0.2) is 15.9 Å². The van der Waals surface area contributed by atoms with E-state index in [1.54, 1.807) is 0 Å². The van der Waals surface area contributed by atoms with Gasteiger partial charge in [0, 0.05) is 15.8 Å². The highest BCUT2D eigenvalue weighted by atomic mass is 79.9. The number of hydrogen-bond donors (Lipinski definition) is 2. The zero-order chi connectivity index (χ0) is 17.8. The van der Waals surface area contributed by atoms with Crippen LogP contribution >= 0.6 is 15.9 Å². The van der Waals surface area contributed by atoms with Crippen molar-refractivity contribution in [1.82, 2.24) is 9.97 Å². The SMILES string of the molecule is Cc1ccc(NC(=O)c2cnc(Nc3cccc(Br)c3)cn2)c(C)c1. The summed E-state index contributed by atoms with van der Waals surface area (Å²) in [5.41, 5.74) is 4.08. The molecule has 0 spiro atoms. The predicted molar refractivity (Wildman–Crippen MR) is 103 cm³/mol. The molecule has 5 nitrogen and oxygen atoms in total. The van der Waals surface area contributed by atoms with Gasteiger partial charge in [-0.05, 0) is 43.7 Å². The number of nitrogens with one attached hydrogen (secondary N) is 2. The van der Waals surface area contributed by atoms with E-state index in [0.29, 0.717) is 5.82 Å². The number of anilines is 3. The van der Waals surface area contributed by atoms with Crippen molar-refractivity contribution in [3.63, 3.8) is 0 Å². The summed E-state index contributed by atoms with van der Waals surface area (Å²) < 4.78 is 0.968. The second-order valence-corrected chi connectivity index (χ2v) is 6.61. The Labute approximate surface area is 154 Å². The van der Waals surface area contributed by atoms with Gasteiger partial charge in [-0.2, -0.15) is 0 Å². The van der Waals surface area contributed by atoms with E-state index in [9.17, 15) is 4.79 Å². The van der Waals surface area contributed by atoms with Gasteiger partial charge >= 0.3 is 0 Å². The number of benzene rings is 2. The molecule has 0 unspecified atom stereocenters. The Morgan fingerprint density at radius 1 is 1.04 bits per heavy atom. The van der Waals surface area contributed by atoms with Crippen LogP contribution in [0.25, 0.3) is 0 Å². The molecule has 3 rings (SSSR count). The van der Waals surface area contributed by atoms with E-state index in [0.717, 1.165) is 27.0 Å². The van der Waals surface area contributed by atoms with Gasteiger partial charge in [0.2, 0.25) is 0 Å². The van der Waals surface area contributed by atoms with Crippen molar-refractivity contribution < 1.29 is 4.79 Å². The molecule has 2 N–H and O–H groups in total. The zero-order valence-electron chi connectivity index (χ0n) is 13.9. The molecule has 25 heavy (non-hydrogen) atoms. The van der Waals surface area contributed by atoms with Crippen LogP contribution in [0.4, 0.5) is 17.2 Å². The van der Waals surface area contributed by atoms with E-state index in [1.807, 2.05) is 56.3 Å². The number of carbonyl (C=O) groups is 1. The van der Waals surface area contributed by atoms with Gasteiger partial charge in [0.15, 0.2) is 0 Å². The second kappa shape index (κ2) is 7.44. The lowest BCUT2D eigenvalue weighted by atomic mass is 10.1. The third kappa shape index (κ3) is 4.42. The molecular formula is C19H17BrN4O. The molecular weight excluding hydrogens is 380 g/mol. The Morgan fingerprint density at radius 3 is 2.56 bits per heavy atom. The van der Waals surface area contributed by atoms with Crippen molar-refractivity contribution >= 4 is 39.0 Å². The van der Waals surface area contributed by atoms with Crippen molar-refractivity contribution in [2.45, 2.75) is 13.8 Å². The number of aryl methyl sites for hydroxylation is 2. The van der Waals surface area contributed by atoms with E-state index in [-0.39, 0.29) is 11.6 Å². The molecule has 0 bridgehead atoms. The maximum Gasteiger partial charge on any atom is 0.275 e. The minimum Gasteiger partial charge on any atom is -0.339 e. The fourth-order valence-electron chi connectivity index (χ4n) is 2.36. The van der Waals surface area contributed by atoms with Crippen LogP contribution in [0.5, 0.6) is 0 Å². The number of aromatic nitrogens is 2. The summed E-state index contributed by atoms with van der Waals surface area (Å²) in [6, 6.07) is 13.6. The van der Waals surface area contributed by atoms with Crippen LogP contribution in [0.15, 0.2) is 59.3 Å². The Morgan fingerprint density at radius 2 is 1.88 bits per heavy atom. The molecule has 0 aliphatic heterocycles. The minimum atomic E-state index is -0.284. The molecule has 0 atom stereocenters. The molecule has 1 amide bonds. The van der Waals surface area contributed by atoms with Crippen LogP contribution in [0, 0.1) is 13.8 Å². The second-order valence-electron chi connectivity index (χ2n) is 5.69. The number of halogens is 1. The van der Waals surface area contributed by atoms with Crippen LogP contribution in [0.3, 0.4) is 0 Å². The van der Waals surface area contributed by atoms with E-state index in [4.69, 9.17) is 0 Å². The molecule has 0 saturated carbocycles. The highest BCUT2D eigenvalue weighted by Crippen LogP contribution is 2.19. The summed E-state index contributed by atoms with van der Waals surface area (Å²) in [6.07, 6.45) is 3.00. The number of carbonyl (C=O) groups excluding carboxylic acids is 1. The number of hydrogen-bond acceptors (Lipinski definition) is 4. The van der Waals surface area contributed by atoms with Gasteiger partial charge in [-0.15, -0.1) is 0 Å². The van der Waals surface area contributed by atoms with E-state index >= 15 is 0 Å². The van der Waals surface area contributed by atoms with Gasteiger partial charge in [-0.25, -0.2) is 9.97 Å². The van der Waals surface area contributed by atoms with Gasteiger partial charge in [-0.3, -0.25) is 4.79 Å². The van der Waals surface area contributed by atoms with Crippen molar-refractivity contribution in [1.29, 1.82) is 0 Å². The van der Waals surface area contributed by atoms with Gasteiger partial charge in [0.25, 0.3) is 5.91 Å². The summed E-state index contributed by atoms with van der Waals surface area (Å²) >= 11 is 3.42. The Balaban J connectivity index is 1.70. The van der Waals surface area contributed by atoms with Gasteiger partial charge in [-0.1, -0.05) is 39.7 Å². The molecule has 1 aromatic heterocycles. The summed E-state index contributed by atoms with van der Waals surface area (Å²) in [4.78, 5) is 20.8. The van der Waals surface area contributed by atoms with Crippen LogP contribution in [0.2, 0.25) is 0 Å². The third-order valence-electron chi connectivity index (χ3n) is 3.61. The van der Waals surface area contributed by atoms with Gasteiger partial charge in [0.05, 0.1) is 12.4 Å². The number of amides is 1. The highest BCUT2D eigenvalue weighted by molar-refractivity contribution is 9.10. The highest BCUT2D eigenvalue weighted by Gasteiger charge is 2.10. The standard InChI is InChI=1S/C19H17BrN4O/c1-12-6-7-16(13(2)8-12)24-19(25)17-10-22-18(11-21-17)23-15-5-3-4-14(20)9-15/h3-11H,1-2H3,(H,22,23)(H,24,25). The smallest absolute Gasteiger partial charge is 0.275 e. The first-order valence-electron chi connectivity index (χ1n) is 7.74. The van der Waals surface area contributed by atoms with E-state index < -0.39 is 0 Å². The van der Waals surface area contributed by atoms with Crippen LogP contribution < -0.4 is 10.6 Å². The normalized spacial score (nSPS) is 10.4. The third-order valence-corrected chi connectivity index (χ3v) is 4.10. The zero-order valence-corrected chi connectivity index (χ0v) is 15.5. The molecule has 126 valence electrons. The van der Waals surface area contributed by atoms with Crippen molar-refractivity contribution in [3.8, 4) is 0 Å². The topological polar surface area (TPSA) is 66.9 Å². The monoisotopic (exact) mass is 396 g/mol. The maximum atomic E-state index is 12.3. The first-order valence-corrected chi connectivity index (χ1v) is 8.54. The number of nitrogens with zero attached hydrogens (tertiary/aromatic N) is 2. The summed E-state index contributed by atoms with van der Waals surface area (Å²) in [5.74, 6) is 0.287. The molecule has 0 aliphatic rings. The van der Waals surface area contributed by atoms with Crippen molar-refractivity contribution in [3.05, 3.63) is 76.2 Å². The summed E-state index contributed by atoms with van der Waals surface area (Å²) in [6.45, 7) is 3.97. The Hall–Kier alpha value is -2.73. The Kier molecular flexibility index (Phi) is 5.09. The summed E-state index contributed by atoms with van der Waals surface area (Å²) in [7, 11) is 0. The fourth-order valence-corrected chi connectivity index (χ4v) is 2.76. The molecule has 6 heteroatoms. The quantitative estimate of drug-likeness (QED) is 0.661. The summed E-state index contributed by atoms with van der Waals surface area (Å²) in [5, 5.41) is 6.00. The van der Waals surface area contributed by atoms with Crippen molar-refractivity contribution in [2.75, 3.05) is 10.6 Å². The average molecular weight is 397 g/mol. The first kappa shape index (κ1) is 17.1. The van der Waals surface area contributed by atoms with E-state index in [2.05, 4.69) is 36.5 Å². The molecule has 3 aromatic rings. The van der Waals surface area contributed by atoms with Crippen molar-refractivity contribution in [2.24, 2.45) is 0 Å². The minimum absolute atomic E-state index is 0.264. The lowest BCUT2D eigenvalue weighted by molar-refractivity contribution is 0.102. The van der Waals surface area contributed by atoms with E-state index in [1.165, 1.54) is 12.4 Å². The van der Waals surface area contributed by atoms with Crippen LogP contribution in [0.1, 0.15) is 21.6 Å². The lowest BCUT2D eigenvalue weighted by Gasteiger charge is -2.09. The largest absolute Gasteiger partial charge is 0.339 e. The molecule has 0 radical (unpaired) electrons. The first-order chi connectivity index (χ1) is 12.0. The molecule has 2 aromatic carbocycles.